The van der Waals surface area contributed by atoms with Crippen molar-refractivity contribution in [3.8, 4) is 0 Å². The normalized spacial score (nSPS) is 13.7. The van der Waals surface area contributed by atoms with Crippen LogP contribution in [0.1, 0.15) is 123 Å². The molecule has 6 heteroatoms. The van der Waals surface area contributed by atoms with Crippen molar-refractivity contribution in [1.82, 2.24) is 0 Å². The molecule has 35 heavy (non-hydrogen) atoms. The Morgan fingerprint density at radius 3 is 1.17 bits per heavy atom. The second-order valence-corrected chi connectivity index (χ2v) is 14.8. The molecule has 0 aromatic heterocycles. The zero-order valence-corrected chi connectivity index (χ0v) is 24.1. The number of phosphoric ester groups is 1. The summed E-state index contributed by atoms with van der Waals surface area (Å²) in [5.74, 6) is 0. The van der Waals surface area contributed by atoms with Gasteiger partial charge < -0.3 is 9.79 Å². The predicted molar refractivity (Wildman–Crippen MR) is 151 cm³/mol. The van der Waals surface area contributed by atoms with Crippen molar-refractivity contribution in [3.05, 3.63) is 69.8 Å². The topological polar surface area (TPSA) is 66.8 Å². The molecule has 2 rings (SSSR count). The summed E-state index contributed by atoms with van der Waals surface area (Å²) in [5, 5.41) is 0. The van der Waals surface area contributed by atoms with Crippen LogP contribution in [0.3, 0.4) is 0 Å². The Labute approximate surface area is 229 Å². The monoisotopic (exact) mass is 514 g/mol. The lowest BCUT2D eigenvalue weighted by molar-refractivity contribution is 0.155. The van der Waals surface area contributed by atoms with E-state index in [1.54, 1.807) is 0 Å². The molecule has 0 atom stereocenters. The fourth-order valence-electron chi connectivity index (χ4n) is 4.22. The summed E-state index contributed by atoms with van der Waals surface area (Å²) in [7, 11) is -4.79. The average molecular weight is 515 g/mol. The molecule has 0 unspecified atom stereocenters. The van der Waals surface area contributed by atoms with Crippen molar-refractivity contribution in [2.75, 3.05) is 0 Å². The fraction of sp³-hybridized carbons (Fsp3) is 0.586. The lowest BCUT2D eigenvalue weighted by Gasteiger charge is -2.34. The van der Waals surface area contributed by atoms with Gasteiger partial charge in [0.15, 0.2) is 0 Å². The summed E-state index contributed by atoms with van der Waals surface area (Å²) in [6.45, 7) is 25.8. The molecule has 0 aliphatic heterocycles. The van der Waals surface area contributed by atoms with E-state index in [1.807, 2.05) is 12.1 Å². The van der Waals surface area contributed by atoms with Crippen LogP contribution in [0.5, 0.6) is 0 Å². The van der Waals surface area contributed by atoms with Crippen LogP contribution < -0.4 is 0 Å². The quantitative estimate of drug-likeness (QED) is 0.335. The maximum Gasteiger partial charge on any atom is 0.470 e. The number of hydrogen-bond donors (Lipinski definition) is 2. The first-order valence-corrected chi connectivity index (χ1v) is 13.6. The van der Waals surface area contributed by atoms with Crippen molar-refractivity contribution in [1.29, 1.82) is 0 Å². The van der Waals surface area contributed by atoms with Crippen molar-refractivity contribution >= 4 is 30.9 Å². The number of benzene rings is 2. The second kappa shape index (κ2) is 10.6. The van der Waals surface area contributed by atoms with Gasteiger partial charge in [-0.1, -0.05) is 119 Å². The Kier molecular flexibility index (Phi) is 9.79. The van der Waals surface area contributed by atoms with Gasteiger partial charge in [-0.25, -0.2) is 4.57 Å². The smallest absolute Gasteiger partial charge is 0.303 e. The van der Waals surface area contributed by atoms with Gasteiger partial charge in [0.2, 0.25) is 0 Å². The molecule has 0 heterocycles. The van der Waals surface area contributed by atoms with Crippen LogP contribution in [0.2, 0.25) is 0 Å². The van der Waals surface area contributed by atoms with E-state index >= 15 is 0 Å². The van der Waals surface area contributed by atoms with E-state index in [4.69, 9.17) is 4.52 Å². The van der Waals surface area contributed by atoms with Gasteiger partial charge in [-0.05, 0) is 55.0 Å². The highest BCUT2D eigenvalue weighted by atomic mass is 31.2. The van der Waals surface area contributed by atoms with Gasteiger partial charge in [0.05, 0.1) is 0 Å². The summed E-state index contributed by atoms with van der Waals surface area (Å²) in [5.41, 5.74) is 5.38. The maximum atomic E-state index is 12.2. The van der Waals surface area contributed by atoms with Gasteiger partial charge in [0, 0.05) is 0 Å². The molecule has 194 valence electrons. The lowest BCUT2D eigenvalue weighted by atomic mass is 9.74. The molecule has 2 N–H and O–H groups in total. The van der Waals surface area contributed by atoms with Crippen molar-refractivity contribution in [2.24, 2.45) is 0 Å². The van der Waals surface area contributed by atoms with E-state index in [2.05, 4.69) is 107 Å². The van der Waals surface area contributed by atoms with E-state index in [0.717, 1.165) is 22.3 Å². The van der Waals surface area contributed by atoms with Crippen LogP contribution in [0.25, 0.3) is 0 Å². The molecule has 0 fully saturated rings. The molecular formula is C29H47MgO4P. The molecule has 0 aliphatic rings. The summed E-state index contributed by atoms with van der Waals surface area (Å²) in [6.07, 6.45) is -0.896. The molecule has 0 radical (unpaired) electrons. The minimum Gasteiger partial charge on any atom is -0.303 e. The third-order valence-electron chi connectivity index (χ3n) is 6.26. The fourth-order valence-corrected chi connectivity index (χ4v) is 4.72. The Bertz CT molecular complexity index is 998. The summed E-state index contributed by atoms with van der Waals surface area (Å²) >= 11 is 0. The molecule has 0 spiro atoms. The Morgan fingerprint density at radius 1 is 0.629 bits per heavy atom. The third-order valence-corrected chi connectivity index (χ3v) is 6.75. The van der Waals surface area contributed by atoms with E-state index in [0.29, 0.717) is 0 Å². The second-order valence-electron chi connectivity index (χ2n) is 13.6. The van der Waals surface area contributed by atoms with Gasteiger partial charge >= 0.3 is 30.9 Å². The molecule has 0 amide bonds. The first-order valence-electron chi connectivity index (χ1n) is 12.1. The SMILES string of the molecule is CC(C)(C)c1ccc(C(OP(=O)(O)O)c2ccc(C(C)(C)C)cc2C(C)(C)C)c(C(C)(C)C)c1.[MgH2]. The molecule has 4 nitrogen and oxygen atoms in total. The number of rotatable bonds is 4. The summed E-state index contributed by atoms with van der Waals surface area (Å²) in [4.78, 5) is 19.9. The van der Waals surface area contributed by atoms with E-state index < -0.39 is 13.9 Å². The van der Waals surface area contributed by atoms with E-state index in [1.165, 1.54) is 11.1 Å². The molecular weight excluding hydrogens is 468 g/mol. The lowest BCUT2D eigenvalue weighted by Crippen LogP contribution is -2.23. The Hall–Kier alpha value is -0.684. The van der Waals surface area contributed by atoms with Gasteiger partial charge in [0.25, 0.3) is 0 Å². The van der Waals surface area contributed by atoms with Gasteiger partial charge in [-0.15, -0.1) is 0 Å². The minimum atomic E-state index is -4.79. The Morgan fingerprint density at radius 2 is 0.943 bits per heavy atom. The van der Waals surface area contributed by atoms with Crippen LogP contribution >= 0.6 is 7.82 Å². The molecule has 0 saturated heterocycles. The third kappa shape index (κ3) is 8.41. The molecule has 0 aliphatic carbocycles. The maximum absolute atomic E-state index is 12.2. The number of phosphoric acid groups is 1. The molecule has 2 aromatic carbocycles. The van der Waals surface area contributed by atoms with Crippen LogP contribution in [-0.4, -0.2) is 32.8 Å². The summed E-state index contributed by atoms with van der Waals surface area (Å²) in [6, 6.07) is 12.4. The minimum absolute atomic E-state index is 0. The largest absolute Gasteiger partial charge is 0.470 e. The van der Waals surface area contributed by atoms with Gasteiger partial charge in [0.1, 0.15) is 6.10 Å². The molecule has 0 saturated carbocycles. The predicted octanol–water partition coefficient (Wildman–Crippen LogP) is 7.16. The first-order chi connectivity index (χ1) is 15.0. The van der Waals surface area contributed by atoms with Crippen LogP contribution in [0.4, 0.5) is 0 Å². The van der Waals surface area contributed by atoms with Crippen LogP contribution in [-0.2, 0) is 30.7 Å². The van der Waals surface area contributed by atoms with Crippen molar-refractivity contribution < 1.29 is 18.9 Å². The molecule has 2 aromatic rings. The van der Waals surface area contributed by atoms with Gasteiger partial charge in [-0.2, -0.15) is 0 Å². The molecule has 0 bridgehead atoms. The highest BCUT2D eigenvalue weighted by Crippen LogP contribution is 2.49. The average Bonchev–Trinajstić information content (AvgIpc) is 2.61. The van der Waals surface area contributed by atoms with Crippen molar-refractivity contribution in [2.45, 2.75) is 111 Å². The van der Waals surface area contributed by atoms with Crippen LogP contribution in [0.15, 0.2) is 36.4 Å². The highest BCUT2D eigenvalue weighted by Gasteiger charge is 2.34. The standard InChI is InChI=1S/C29H45O4P.Mg.2H/c1-26(2,3)19-13-15-21(23(17-19)28(7,8)9)25(33-34(30,31)32)22-16-14-20(27(4,5)6)18-24(22)29(10,11)12;;;/h13-18,25H,1-12H3,(H2,30,31,32);;;. The number of hydrogen-bond acceptors (Lipinski definition) is 2. The van der Waals surface area contributed by atoms with E-state index in [-0.39, 0.29) is 44.7 Å². The van der Waals surface area contributed by atoms with Crippen molar-refractivity contribution in [3.63, 3.8) is 0 Å². The zero-order chi connectivity index (χ0) is 26.5. The van der Waals surface area contributed by atoms with Crippen LogP contribution in [0, 0.1) is 0 Å². The highest BCUT2D eigenvalue weighted by molar-refractivity contribution is 7.46. The summed E-state index contributed by atoms with van der Waals surface area (Å²) < 4.78 is 17.8. The van der Waals surface area contributed by atoms with Gasteiger partial charge in [-0.3, -0.25) is 4.52 Å². The van der Waals surface area contributed by atoms with E-state index in [9.17, 15) is 14.4 Å². The Balaban J connectivity index is 0.00000612. The zero-order valence-electron chi connectivity index (χ0n) is 23.2. The first kappa shape index (κ1) is 32.3.